The number of hydrogen-bond acceptors (Lipinski definition) is 6. The fourth-order valence-electron chi connectivity index (χ4n) is 4.24. The van der Waals surface area contributed by atoms with E-state index in [1.54, 1.807) is 0 Å². The average molecular weight is 457 g/mol. The summed E-state index contributed by atoms with van der Waals surface area (Å²) in [7, 11) is 0. The normalized spacial score (nSPS) is 19.5. The van der Waals surface area contributed by atoms with Gasteiger partial charge in [0.25, 0.3) is 0 Å². The lowest BCUT2D eigenvalue weighted by molar-refractivity contribution is -0.238. The van der Waals surface area contributed by atoms with Crippen molar-refractivity contribution in [3.05, 3.63) is 11.5 Å². The van der Waals surface area contributed by atoms with Crippen LogP contribution in [0.3, 0.4) is 0 Å². The molecule has 1 aliphatic rings. The van der Waals surface area contributed by atoms with Gasteiger partial charge in [0.2, 0.25) is 5.76 Å². The van der Waals surface area contributed by atoms with Crippen LogP contribution in [0.25, 0.3) is 0 Å². The number of aliphatic hydroxyl groups is 3. The van der Waals surface area contributed by atoms with Crippen molar-refractivity contribution in [3.8, 4) is 0 Å². The lowest BCUT2D eigenvalue weighted by Crippen LogP contribution is -2.63. The molecule has 0 aromatic carbocycles. The van der Waals surface area contributed by atoms with Gasteiger partial charge in [0.15, 0.2) is 11.9 Å². The number of rotatable bonds is 15. The van der Waals surface area contributed by atoms with Crippen LogP contribution in [-0.2, 0) is 14.3 Å². The number of esters is 1. The van der Waals surface area contributed by atoms with E-state index in [1.165, 1.54) is 0 Å². The van der Waals surface area contributed by atoms with E-state index in [9.17, 15) is 20.1 Å². The van der Waals surface area contributed by atoms with E-state index in [0.29, 0.717) is 49.5 Å². The Balaban J connectivity index is 3.56. The fraction of sp³-hybridized carbons (Fsp3) is 0.885. The number of aliphatic hydroxyl groups excluding tert-OH is 2. The Bertz CT molecular complexity index is 610. The van der Waals surface area contributed by atoms with Gasteiger partial charge in [-0.1, -0.05) is 55.4 Å². The van der Waals surface area contributed by atoms with Gasteiger partial charge in [-0.15, -0.1) is 0 Å². The molecule has 0 spiro atoms. The standard InChI is InChI=1S/C26H48O6/c1-17(2)9-13-25(14-10-18(3)4,31-16-12-20(7)8)26(30,15-11-19(5)6)23-21(27)22(28)24(29)32-23/h17-20,23,27-28,30H,9-16H2,1-8H3/t23-,26+/m0/s1. The predicted molar refractivity (Wildman–Crippen MR) is 127 cm³/mol. The largest absolute Gasteiger partial charge is 0.505 e. The zero-order valence-electron chi connectivity index (χ0n) is 21.6. The highest BCUT2D eigenvalue weighted by molar-refractivity contribution is 5.89. The molecule has 6 nitrogen and oxygen atoms in total. The Morgan fingerprint density at radius 1 is 0.812 bits per heavy atom. The second-order valence-electron chi connectivity index (χ2n) is 11.3. The summed E-state index contributed by atoms with van der Waals surface area (Å²) in [5.74, 6) is -0.899. The van der Waals surface area contributed by atoms with Crippen molar-refractivity contribution >= 4 is 5.97 Å². The minimum atomic E-state index is -1.66. The smallest absolute Gasteiger partial charge is 0.378 e. The highest BCUT2D eigenvalue weighted by atomic mass is 16.6. The van der Waals surface area contributed by atoms with Gasteiger partial charge in [-0.05, 0) is 68.6 Å². The van der Waals surface area contributed by atoms with Crippen molar-refractivity contribution in [1.82, 2.24) is 0 Å². The quantitative estimate of drug-likeness (QED) is 0.258. The van der Waals surface area contributed by atoms with Crippen LogP contribution in [0.2, 0.25) is 0 Å². The zero-order chi connectivity index (χ0) is 24.7. The summed E-state index contributed by atoms with van der Waals surface area (Å²) in [4.78, 5) is 12.1. The van der Waals surface area contributed by atoms with Crippen molar-refractivity contribution in [2.24, 2.45) is 23.7 Å². The Morgan fingerprint density at radius 2 is 1.25 bits per heavy atom. The number of ether oxygens (including phenoxy) is 2. The first kappa shape index (κ1) is 28.8. The summed E-state index contributed by atoms with van der Waals surface area (Å²) in [5.41, 5.74) is -2.68. The lowest BCUT2D eigenvalue weighted by Gasteiger charge is -2.50. The van der Waals surface area contributed by atoms with Crippen molar-refractivity contribution in [2.75, 3.05) is 6.61 Å². The van der Waals surface area contributed by atoms with Gasteiger partial charge in [0.05, 0.1) is 0 Å². The van der Waals surface area contributed by atoms with Gasteiger partial charge in [-0.25, -0.2) is 4.79 Å². The Labute approximate surface area is 195 Å². The van der Waals surface area contributed by atoms with Crippen LogP contribution >= 0.6 is 0 Å². The molecule has 0 aliphatic carbocycles. The number of carbonyl (C=O) groups is 1. The lowest BCUT2D eigenvalue weighted by atomic mass is 9.68. The number of cyclic esters (lactones) is 1. The van der Waals surface area contributed by atoms with Crippen molar-refractivity contribution in [2.45, 2.75) is 118 Å². The maximum atomic E-state index is 12.4. The van der Waals surface area contributed by atoms with Crippen molar-refractivity contribution < 1.29 is 29.6 Å². The van der Waals surface area contributed by atoms with Crippen LogP contribution in [0.15, 0.2) is 11.5 Å². The fourth-order valence-corrected chi connectivity index (χ4v) is 4.24. The first-order chi connectivity index (χ1) is 14.8. The molecule has 0 saturated carbocycles. The second kappa shape index (κ2) is 12.3. The molecule has 0 fully saturated rings. The monoisotopic (exact) mass is 456 g/mol. The van der Waals surface area contributed by atoms with Crippen LogP contribution in [0.1, 0.15) is 100 Å². The Hall–Kier alpha value is -1.27. The van der Waals surface area contributed by atoms with Gasteiger partial charge < -0.3 is 24.8 Å². The molecule has 188 valence electrons. The van der Waals surface area contributed by atoms with Crippen LogP contribution in [-0.4, -0.2) is 45.2 Å². The summed E-state index contributed by atoms with van der Waals surface area (Å²) in [6.45, 7) is 17.4. The van der Waals surface area contributed by atoms with Crippen LogP contribution in [0.4, 0.5) is 0 Å². The third kappa shape index (κ3) is 7.38. The van der Waals surface area contributed by atoms with E-state index >= 15 is 0 Å². The van der Waals surface area contributed by atoms with Gasteiger partial charge in [0, 0.05) is 6.61 Å². The molecule has 6 heteroatoms. The van der Waals surface area contributed by atoms with Gasteiger partial charge in [-0.2, -0.15) is 0 Å². The maximum absolute atomic E-state index is 12.4. The third-order valence-electron chi connectivity index (χ3n) is 6.56. The van der Waals surface area contributed by atoms with Crippen LogP contribution in [0, 0.1) is 23.7 Å². The molecule has 1 rings (SSSR count). The molecule has 0 saturated heterocycles. The molecular weight excluding hydrogens is 408 g/mol. The molecular formula is C26H48O6. The number of carbonyl (C=O) groups excluding carboxylic acids is 1. The van der Waals surface area contributed by atoms with Crippen LogP contribution < -0.4 is 0 Å². The second-order valence-corrected chi connectivity index (χ2v) is 11.3. The van der Waals surface area contributed by atoms with E-state index in [2.05, 4.69) is 55.4 Å². The minimum absolute atomic E-state index is 0.290. The van der Waals surface area contributed by atoms with Crippen LogP contribution in [0.5, 0.6) is 0 Å². The van der Waals surface area contributed by atoms with E-state index in [4.69, 9.17) is 9.47 Å². The third-order valence-corrected chi connectivity index (χ3v) is 6.56. The van der Waals surface area contributed by atoms with Crippen molar-refractivity contribution in [1.29, 1.82) is 0 Å². The van der Waals surface area contributed by atoms with Crippen molar-refractivity contribution in [3.63, 3.8) is 0 Å². The molecule has 0 amide bonds. The zero-order valence-corrected chi connectivity index (χ0v) is 21.6. The van der Waals surface area contributed by atoms with E-state index < -0.39 is 34.8 Å². The first-order valence-electron chi connectivity index (χ1n) is 12.4. The summed E-state index contributed by atoms with van der Waals surface area (Å²) in [6, 6.07) is 0. The molecule has 0 unspecified atom stereocenters. The SMILES string of the molecule is CC(C)CCOC(CCC(C)C)(CCC(C)C)[C@@](O)(CCC(C)C)[C@H]1OC(=O)C(O)=C1O. The molecule has 1 heterocycles. The summed E-state index contributed by atoms with van der Waals surface area (Å²) in [5, 5.41) is 33.0. The summed E-state index contributed by atoms with van der Waals surface area (Å²) in [6.07, 6.45) is 3.24. The highest BCUT2D eigenvalue weighted by Gasteiger charge is 2.60. The van der Waals surface area contributed by atoms with E-state index in [1.807, 2.05) is 0 Å². The van der Waals surface area contributed by atoms with Gasteiger partial charge >= 0.3 is 5.97 Å². The highest BCUT2D eigenvalue weighted by Crippen LogP contribution is 2.47. The van der Waals surface area contributed by atoms with Gasteiger partial charge in [-0.3, -0.25) is 0 Å². The number of hydrogen-bond donors (Lipinski definition) is 3. The summed E-state index contributed by atoms with van der Waals surface area (Å²) < 4.78 is 12.0. The predicted octanol–water partition coefficient (Wildman–Crippen LogP) is 6.08. The molecule has 0 radical (unpaired) electrons. The summed E-state index contributed by atoms with van der Waals surface area (Å²) >= 11 is 0. The average Bonchev–Trinajstić information content (AvgIpc) is 2.95. The maximum Gasteiger partial charge on any atom is 0.378 e. The Kier molecular flexibility index (Phi) is 11.0. The molecule has 2 atom stereocenters. The first-order valence-corrected chi connectivity index (χ1v) is 12.4. The molecule has 1 aliphatic heterocycles. The Morgan fingerprint density at radius 3 is 1.62 bits per heavy atom. The molecule has 0 aromatic rings. The minimum Gasteiger partial charge on any atom is -0.505 e. The van der Waals surface area contributed by atoms with Gasteiger partial charge in [0.1, 0.15) is 11.2 Å². The topological polar surface area (TPSA) is 96.2 Å². The molecule has 0 bridgehead atoms. The van der Waals surface area contributed by atoms with E-state index in [-0.39, 0.29) is 6.42 Å². The van der Waals surface area contributed by atoms with E-state index in [0.717, 1.165) is 19.3 Å². The molecule has 0 aromatic heterocycles. The molecule has 3 N–H and O–H groups in total. The molecule has 32 heavy (non-hydrogen) atoms.